The van der Waals surface area contributed by atoms with Crippen LogP contribution in [0.25, 0.3) is 0 Å². The summed E-state index contributed by atoms with van der Waals surface area (Å²) in [6.45, 7) is 3.77. The molecule has 0 aliphatic heterocycles. The first-order valence-electron chi connectivity index (χ1n) is 6.54. The largest absolute Gasteiger partial charge is 0.103 e. The molecule has 0 N–H and O–H groups in total. The van der Waals surface area contributed by atoms with Crippen molar-refractivity contribution in [2.75, 3.05) is 0 Å². The van der Waals surface area contributed by atoms with Gasteiger partial charge in [-0.3, -0.25) is 0 Å². The topological polar surface area (TPSA) is 0 Å². The Morgan fingerprint density at radius 2 is 1.57 bits per heavy atom. The van der Waals surface area contributed by atoms with E-state index in [0.717, 1.165) is 5.92 Å². The van der Waals surface area contributed by atoms with E-state index in [9.17, 15) is 0 Å². The summed E-state index contributed by atoms with van der Waals surface area (Å²) in [5.41, 5.74) is 0. The lowest BCUT2D eigenvalue weighted by molar-refractivity contribution is 0.349. The Hall–Kier alpha value is -0.260. The third kappa shape index (κ3) is 5.47. The van der Waals surface area contributed by atoms with Crippen molar-refractivity contribution in [2.45, 2.75) is 70.6 Å². The van der Waals surface area contributed by atoms with Crippen LogP contribution >= 0.6 is 0 Å². The highest BCUT2D eigenvalue weighted by Crippen LogP contribution is 2.26. The van der Waals surface area contributed by atoms with Crippen molar-refractivity contribution in [3.05, 3.63) is 12.7 Å². The van der Waals surface area contributed by atoms with E-state index in [-0.39, 0.29) is 0 Å². The van der Waals surface area contributed by atoms with Crippen molar-refractivity contribution in [2.24, 2.45) is 5.92 Å². The first-order chi connectivity index (χ1) is 6.93. The summed E-state index contributed by atoms with van der Waals surface area (Å²) in [5.74, 6) is 1.06. The fourth-order valence-corrected chi connectivity index (χ4v) is 2.55. The van der Waals surface area contributed by atoms with Crippen molar-refractivity contribution in [1.82, 2.24) is 0 Å². The molecule has 0 amide bonds. The second-order valence-electron chi connectivity index (χ2n) is 4.78. The molecule has 1 aliphatic rings. The monoisotopic (exact) mass is 194 g/mol. The fourth-order valence-electron chi connectivity index (χ4n) is 2.55. The lowest BCUT2D eigenvalue weighted by atomic mass is 9.87. The maximum atomic E-state index is 3.77. The van der Waals surface area contributed by atoms with Crippen molar-refractivity contribution >= 4 is 0 Å². The Balaban J connectivity index is 2.04. The summed E-state index contributed by atoms with van der Waals surface area (Å²) in [4.78, 5) is 0. The molecule has 0 spiro atoms. The minimum absolute atomic E-state index is 1.06. The van der Waals surface area contributed by atoms with Gasteiger partial charge in [-0.05, 0) is 18.8 Å². The highest BCUT2D eigenvalue weighted by Gasteiger charge is 2.10. The zero-order valence-corrected chi connectivity index (χ0v) is 9.64. The highest BCUT2D eigenvalue weighted by atomic mass is 14.2. The second kappa shape index (κ2) is 8.08. The summed E-state index contributed by atoms with van der Waals surface area (Å²) in [6.07, 6.45) is 18.0. The molecule has 0 radical (unpaired) electrons. The fraction of sp³-hybridized carbons (Fsp3) is 0.857. The predicted molar refractivity (Wildman–Crippen MR) is 64.5 cm³/mol. The summed E-state index contributed by atoms with van der Waals surface area (Å²) in [6, 6.07) is 0. The van der Waals surface area contributed by atoms with Gasteiger partial charge < -0.3 is 0 Å². The van der Waals surface area contributed by atoms with Crippen LogP contribution in [0.5, 0.6) is 0 Å². The first-order valence-corrected chi connectivity index (χ1v) is 6.54. The van der Waals surface area contributed by atoms with Crippen LogP contribution in [-0.2, 0) is 0 Å². The third-order valence-corrected chi connectivity index (χ3v) is 3.50. The molecular weight excluding hydrogens is 168 g/mol. The molecule has 14 heavy (non-hydrogen) atoms. The summed E-state index contributed by atoms with van der Waals surface area (Å²) in [7, 11) is 0. The Morgan fingerprint density at radius 3 is 2.21 bits per heavy atom. The van der Waals surface area contributed by atoms with Crippen LogP contribution in [-0.4, -0.2) is 0 Å². The van der Waals surface area contributed by atoms with E-state index in [4.69, 9.17) is 0 Å². The lowest BCUT2D eigenvalue weighted by Crippen LogP contribution is -2.03. The van der Waals surface area contributed by atoms with E-state index in [1.807, 2.05) is 0 Å². The number of rotatable bonds is 5. The molecule has 0 aromatic rings. The molecule has 0 nitrogen and oxygen atoms in total. The van der Waals surface area contributed by atoms with Gasteiger partial charge in [-0.1, -0.05) is 63.9 Å². The first kappa shape index (κ1) is 11.8. The van der Waals surface area contributed by atoms with Gasteiger partial charge in [0.05, 0.1) is 0 Å². The summed E-state index contributed by atoms with van der Waals surface area (Å²) >= 11 is 0. The minimum atomic E-state index is 1.06. The van der Waals surface area contributed by atoms with Gasteiger partial charge in [-0.25, -0.2) is 0 Å². The zero-order valence-electron chi connectivity index (χ0n) is 9.64. The van der Waals surface area contributed by atoms with E-state index in [0.29, 0.717) is 0 Å². The van der Waals surface area contributed by atoms with E-state index in [1.54, 1.807) is 0 Å². The Labute approximate surface area is 89.8 Å². The van der Waals surface area contributed by atoms with Crippen molar-refractivity contribution in [1.29, 1.82) is 0 Å². The maximum Gasteiger partial charge on any atom is -0.0353 e. The molecule has 1 fully saturated rings. The van der Waals surface area contributed by atoms with Crippen LogP contribution in [0.2, 0.25) is 0 Å². The van der Waals surface area contributed by atoms with Crippen LogP contribution in [0.3, 0.4) is 0 Å². The van der Waals surface area contributed by atoms with E-state index < -0.39 is 0 Å². The van der Waals surface area contributed by atoms with E-state index >= 15 is 0 Å². The van der Waals surface area contributed by atoms with Gasteiger partial charge in [-0.15, -0.1) is 6.58 Å². The molecule has 0 aromatic carbocycles. The molecule has 1 saturated carbocycles. The normalized spacial score (nSPS) is 20.0. The Bertz CT molecular complexity index is 129. The van der Waals surface area contributed by atoms with Crippen molar-refractivity contribution in [3.8, 4) is 0 Å². The molecule has 0 heteroatoms. The summed E-state index contributed by atoms with van der Waals surface area (Å²) < 4.78 is 0. The van der Waals surface area contributed by atoms with Gasteiger partial charge in [0.1, 0.15) is 0 Å². The molecule has 1 aliphatic carbocycles. The Kier molecular flexibility index (Phi) is 6.82. The van der Waals surface area contributed by atoms with Gasteiger partial charge in [0.15, 0.2) is 0 Å². The van der Waals surface area contributed by atoms with Gasteiger partial charge in [0, 0.05) is 0 Å². The van der Waals surface area contributed by atoms with Crippen LogP contribution in [0, 0.1) is 5.92 Å². The number of allylic oxidation sites excluding steroid dienone is 1. The molecular formula is C14H26. The number of hydrogen-bond donors (Lipinski definition) is 0. The van der Waals surface area contributed by atoms with Crippen molar-refractivity contribution in [3.63, 3.8) is 0 Å². The summed E-state index contributed by atoms with van der Waals surface area (Å²) in [5, 5.41) is 0. The number of hydrogen-bond acceptors (Lipinski definition) is 0. The lowest BCUT2D eigenvalue weighted by Gasteiger charge is -2.19. The van der Waals surface area contributed by atoms with Crippen LogP contribution in [0.1, 0.15) is 70.6 Å². The molecule has 0 aromatic heterocycles. The Morgan fingerprint density at radius 1 is 0.929 bits per heavy atom. The minimum Gasteiger partial charge on any atom is -0.103 e. The molecule has 0 unspecified atom stereocenters. The van der Waals surface area contributed by atoms with Crippen LogP contribution < -0.4 is 0 Å². The third-order valence-electron chi connectivity index (χ3n) is 3.50. The quantitative estimate of drug-likeness (QED) is 0.422. The average molecular weight is 194 g/mol. The van der Waals surface area contributed by atoms with Crippen LogP contribution in [0.15, 0.2) is 12.7 Å². The average Bonchev–Trinajstić information content (AvgIpc) is 2.15. The maximum absolute atomic E-state index is 3.77. The zero-order chi connectivity index (χ0) is 10.1. The number of unbranched alkanes of at least 4 members (excludes halogenated alkanes) is 2. The predicted octanol–water partition coefficient (Wildman–Crippen LogP) is 5.09. The van der Waals surface area contributed by atoms with Gasteiger partial charge in [0.2, 0.25) is 0 Å². The molecule has 0 atom stereocenters. The smallest absolute Gasteiger partial charge is 0.0353 e. The van der Waals surface area contributed by atoms with Crippen molar-refractivity contribution < 1.29 is 0 Å². The van der Waals surface area contributed by atoms with Crippen LogP contribution in [0.4, 0.5) is 0 Å². The molecule has 0 heterocycles. The van der Waals surface area contributed by atoms with Gasteiger partial charge in [-0.2, -0.15) is 0 Å². The van der Waals surface area contributed by atoms with E-state index in [2.05, 4.69) is 12.7 Å². The second-order valence-corrected chi connectivity index (χ2v) is 4.78. The van der Waals surface area contributed by atoms with E-state index in [1.165, 1.54) is 70.6 Å². The molecule has 82 valence electrons. The molecule has 1 rings (SSSR count). The molecule has 0 saturated heterocycles. The SMILES string of the molecule is C=CCCCCC1CCCCCCC1. The van der Waals surface area contributed by atoms with Gasteiger partial charge in [0.25, 0.3) is 0 Å². The standard InChI is InChI=1S/C14H26/c1-2-3-4-8-11-14-12-9-6-5-7-10-13-14/h2,14H,1,3-13H2. The van der Waals surface area contributed by atoms with Gasteiger partial charge >= 0.3 is 0 Å². The highest BCUT2D eigenvalue weighted by molar-refractivity contribution is 4.68. The molecule has 0 bridgehead atoms.